The molecular weight excluding hydrogens is 372 g/mol. The van der Waals surface area contributed by atoms with E-state index in [4.69, 9.17) is 0 Å². The van der Waals surface area contributed by atoms with E-state index in [1.807, 2.05) is 0 Å². The fourth-order valence-corrected chi connectivity index (χ4v) is 7.67. The fraction of sp³-hybridized carbons (Fsp3) is 0.889. The summed E-state index contributed by atoms with van der Waals surface area (Å²) in [6.07, 6.45) is 11.4. The molecule has 3 fully saturated rings. The van der Waals surface area contributed by atoms with Crippen LogP contribution in [0.1, 0.15) is 105 Å². The van der Waals surface area contributed by atoms with Gasteiger partial charge in [0.25, 0.3) is 0 Å². The van der Waals surface area contributed by atoms with E-state index in [-0.39, 0.29) is 22.7 Å². The summed E-state index contributed by atoms with van der Waals surface area (Å²) in [5.41, 5.74) is -0.218. The van der Waals surface area contributed by atoms with Gasteiger partial charge in [-0.2, -0.15) is 0 Å². The first-order valence-corrected chi connectivity index (χ1v) is 12.6. The Balaban J connectivity index is 1.77. The van der Waals surface area contributed by atoms with Crippen LogP contribution >= 0.6 is 0 Å². The van der Waals surface area contributed by atoms with Gasteiger partial charge in [-0.1, -0.05) is 53.9 Å². The lowest BCUT2D eigenvalue weighted by molar-refractivity contribution is -0.158. The smallest absolute Gasteiger partial charge is 0.142 e. The first-order chi connectivity index (χ1) is 14.1. The highest BCUT2D eigenvalue weighted by atomic mass is 16.1. The van der Waals surface area contributed by atoms with Gasteiger partial charge in [0, 0.05) is 30.6 Å². The van der Waals surface area contributed by atoms with Crippen LogP contribution in [-0.4, -0.2) is 17.9 Å². The van der Waals surface area contributed by atoms with Crippen molar-refractivity contribution >= 4 is 17.9 Å². The zero-order valence-corrected chi connectivity index (χ0v) is 20.0. The second-order valence-electron chi connectivity index (χ2n) is 11.9. The van der Waals surface area contributed by atoms with E-state index in [9.17, 15) is 14.4 Å². The molecule has 0 heterocycles. The quantitative estimate of drug-likeness (QED) is 0.429. The summed E-state index contributed by atoms with van der Waals surface area (Å²) in [5, 5.41) is 0. The molecule has 0 amide bonds. The van der Waals surface area contributed by atoms with Crippen LogP contribution in [0.5, 0.6) is 0 Å². The Bertz CT molecular complexity index is 652. The molecule has 3 nitrogen and oxygen atoms in total. The van der Waals surface area contributed by atoms with Crippen LogP contribution < -0.4 is 0 Å². The summed E-state index contributed by atoms with van der Waals surface area (Å²) in [6.45, 7) is 11.3. The maximum absolute atomic E-state index is 14.0. The summed E-state index contributed by atoms with van der Waals surface area (Å²) in [6, 6.07) is 0. The summed E-state index contributed by atoms with van der Waals surface area (Å²) >= 11 is 0. The van der Waals surface area contributed by atoms with Gasteiger partial charge in [-0.05, 0) is 67.1 Å². The van der Waals surface area contributed by atoms with Gasteiger partial charge < -0.3 is 4.79 Å². The van der Waals surface area contributed by atoms with Gasteiger partial charge in [0.2, 0.25) is 0 Å². The lowest BCUT2D eigenvalue weighted by Crippen LogP contribution is -2.56. The van der Waals surface area contributed by atoms with Crippen LogP contribution in [0.3, 0.4) is 0 Å². The Hall–Kier alpha value is -0.990. The average molecular weight is 417 g/mol. The van der Waals surface area contributed by atoms with Gasteiger partial charge in [-0.25, -0.2) is 0 Å². The SMILES string of the molecule is CC(C)CCC[C@@H](C)[C@@H](CC=O)[C@@]1(C)CC[C@H]2[C@@H](CC[C@H]3CC(=O)CC[C@@]32C)C1=O. The van der Waals surface area contributed by atoms with Crippen molar-refractivity contribution in [1.29, 1.82) is 0 Å². The molecular formula is C27H44O3. The molecule has 0 spiro atoms. The Kier molecular flexibility index (Phi) is 7.30. The summed E-state index contributed by atoms with van der Waals surface area (Å²) in [7, 11) is 0. The van der Waals surface area contributed by atoms with Crippen LogP contribution in [0.4, 0.5) is 0 Å². The summed E-state index contributed by atoms with van der Waals surface area (Å²) in [4.78, 5) is 37.6. The van der Waals surface area contributed by atoms with E-state index in [1.165, 1.54) is 12.8 Å². The average Bonchev–Trinajstić information content (AvgIpc) is 2.69. The molecule has 0 aliphatic heterocycles. The molecule has 0 aromatic carbocycles. The first-order valence-electron chi connectivity index (χ1n) is 12.6. The number of fused-ring (bicyclic) bond motifs is 3. The molecule has 0 saturated heterocycles. The van der Waals surface area contributed by atoms with Gasteiger partial charge in [0.05, 0.1) is 0 Å². The lowest BCUT2D eigenvalue weighted by Gasteiger charge is -2.58. The highest BCUT2D eigenvalue weighted by Gasteiger charge is 2.58. The molecule has 3 aliphatic carbocycles. The number of Topliss-reactive ketones (excluding diaryl/α,β-unsaturated/α-hetero) is 2. The fourth-order valence-electron chi connectivity index (χ4n) is 7.67. The van der Waals surface area contributed by atoms with Gasteiger partial charge in [0.1, 0.15) is 17.9 Å². The molecule has 30 heavy (non-hydrogen) atoms. The van der Waals surface area contributed by atoms with Crippen molar-refractivity contribution < 1.29 is 14.4 Å². The topological polar surface area (TPSA) is 51.2 Å². The second kappa shape index (κ2) is 9.25. The van der Waals surface area contributed by atoms with E-state index in [0.29, 0.717) is 48.1 Å². The lowest BCUT2D eigenvalue weighted by atomic mass is 9.45. The number of rotatable bonds is 8. The minimum Gasteiger partial charge on any atom is -0.303 e. The third kappa shape index (κ3) is 4.32. The molecule has 3 heteroatoms. The standard InChI is InChI=1S/C27H44O3/c1-18(2)7-6-8-19(3)23(13-16-28)27(5)15-12-24-22(25(27)30)10-9-20-17-21(29)11-14-26(20,24)4/h16,18-20,22-24H,6-15,17H2,1-5H3/t19-,20+,22-,23-,24+,26+,27-/m1/s1. The van der Waals surface area contributed by atoms with Crippen LogP contribution in [0.15, 0.2) is 0 Å². The Morgan fingerprint density at radius 1 is 1.03 bits per heavy atom. The van der Waals surface area contributed by atoms with Gasteiger partial charge in [0.15, 0.2) is 0 Å². The number of carbonyl (C=O) groups is 3. The van der Waals surface area contributed by atoms with Gasteiger partial charge in [-0.15, -0.1) is 0 Å². The highest BCUT2D eigenvalue weighted by Crippen LogP contribution is 2.61. The number of aldehydes is 1. The van der Waals surface area contributed by atoms with Crippen molar-refractivity contribution in [2.24, 2.45) is 46.3 Å². The molecule has 0 aromatic heterocycles. The zero-order chi connectivity index (χ0) is 22.1. The van der Waals surface area contributed by atoms with Crippen molar-refractivity contribution in [3.8, 4) is 0 Å². The molecule has 3 saturated carbocycles. The molecule has 3 rings (SSSR count). The van der Waals surface area contributed by atoms with Crippen LogP contribution in [-0.2, 0) is 14.4 Å². The number of hydrogen-bond donors (Lipinski definition) is 0. The highest BCUT2D eigenvalue weighted by molar-refractivity contribution is 5.89. The van der Waals surface area contributed by atoms with Crippen molar-refractivity contribution in [3.63, 3.8) is 0 Å². The monoisotopic (exact) mass is 416 g/mol. The predicted molar refractivity (Wildman–Crippen MR) is 121 cm³/mol. The third-order valence-electron chi connectivity index (χ3n) is 9.68. The molecule has 0 aromatic rings. The molecule has 0 unspecified atom stereocenters. The second-order valence-corrected chi connectivity index (χ2v) is 11.9. The molecule has 0 N–H and O–H groups in total. The van der Waals surface area contributed by atoms with E-state index >= 15 is 0 Å². The molecule has 7 atom stereocenters. The van der Waals surface area contributed by atoms with E-state index in [1.54, 1.807) is 0 Å². The third-order valence-corrected chi connectivity index (χ3v) is 9.68. The first kappa shape index (κ1) is 23.7. The van der Waals surface area contributed by atoms with Crippen molar-refractivity contribution in [3.05, 3.63) is 0 Å². The molecule has 0 radical (unpaired) electrons. The van der Waals surface area contributed by atoms with Crippen LogP contribution in [0.2, 0.25) is 0 Å². The minimum absolute atomic E-state index is 0.134. The Morgan fingerprint density at radius 3 is 2.43 bits per heavy atom. The predicted octanol–water partition coefficient (Wildman–Crippen LogP) is 6.42. The van der Waals surface area contributed by atoms with Crippen molar-refractivity contribution in [1.82, 2.24) is 0 Å². The van der Waals surface area contributed by atoms with Crippen LogP contribution in [0.25, 0.3) is 0 Å². The van der Waals surface area contributed by atoms with Crippen molar-refractivity contribution in [2.45, 2.75) is 105 Å². The largest absolute Gasteiger partial charge is 0.303 e. The van der Waals surface area contributed by atoms with E-state index in [2.05, 4.69) is 34.6 Å². The van der Waals surface area contributed by atoms with Gasteiger partial charge >= 0.3 is 0 Å². The summed E-state index contributed by atoms with van der Waals surface area (Å²) in [5.74, 6) is 3.16. The minimum atomic E-state index is -0.368. The normalized spacial score (nSPS) is 38.7. The Morgan fingerprint density at radius 2 is 1.77 bits per heavy atom. The maximum Gasteiger partial charge on any atom is 0.142 e. The molecule has 170 valence electrons. The molecule has 3 aliphatic rings. The number of hydrogen-bond acceptors (Lipinski definition) is 3. The van der Waals surface area contributed by atoms with E-state index < -0.39 is 0 Å². The number of carbonyl (C=O) groups excluding carboxylic acids is 3. The summed E-state index contributed by atoms with van der Waals surface area (Å²) < 4.78 is 0. The Labute approximate surface area is 184 Å². The maximum atomic E-state index is 14.0. The van der Waals surface area contributed by atoms with Crippen LogP contribution in [0, 0.1) is 46.3 Å². The van der Waals surface area contributed by atoms with E-state index in [0.717, 1.165) is 51.2 Å². The van der Waals surface area contributed by atoms with Crippen molar-refractivity contribution in [2.75, 3.05) is 0 Å². The zero-order valence-electron chi connectivity index (χ0n) is 20.0. The number of ketones is 2. The van der Waals surface area contributed by atoms with Gasteiger partial charge in [-0.3, -0.25) is 9.59 Å². The molecule has 0 bridgehead atoms.